The van der Waals surface area contributed by atoms with Crippen molar-refractivity contribution in [1.29, 1.82) is 0 Å². The molecule has 0 aliphatic rings. The minimum Gasteiger partial charge on any atom is -0.459 e. The lowest BCUT2D eigenvalue weighted by Gasteiger charge is -2.21. The lowest BCUT2D eigenvalue weighted by molar-refractivity contribution is -0.123. The summed E-state index contributed by atoms with van der Waals surface area (Å²) in [6, 6.07) is 10.1. The Labute approximate surface area is 160 Å². The highest BCUT2D eigenvalue weighted by Crippen LogP contribution is 2.22. The number of carbonyl (C=O) groups is 2. The fourth-order valence-corrected chi connectivity index (χ4v) is 3.46. The molecule has 0 fully saturated rings. The zero-order valence-corrected chi connectivity index (χ0v) is 16.5. The summed E-state index contributed by atoms with van der Waals surface area (Å²) in [5, 5.41) is 5.73. The molecule has 2 rings (SSSR count). The predicted molar refractivity (Wildman–Crippen MR) is 104 cm³/mol. The van der Waals surface area contributed by atoms with Crippen LogP contribution in [0.1, 0.15) is 35.5 Å². The Kier molecular flexibility index (Phi) is 7.58. The van der Waals surface area contributed by atoms with E-state index in [2.05, 4.69) is 26.6 Å². The number of hydrogen-bond donors (Lipinski definition) is 2. The highest BCUT2D eigenvalue weighted by Gasteiger charge is 2.24. The van der Waals surface area contributed by atoms with Gasteiger partial charge < -0.3 is 15.1 Å². The van der Waals surface area contributed by atoms with E-state index in [0.717, 1.165) is 15.8 Å². The molecule has 5 nitrogen and oxygen atoms in total. The van der Waals surface area contributed by atoms with Crippen LogP contribution in [-0.2, 0) is 4.79 Å². The first-order valence-electron chi connectivity index (χ1n) is 7.91. The van der Waals surface area contributed by atoms with E-state index in [0.29, 0.717) is 6.42 Å². The van der Waals surface area contributed by atoms with Crippen molar-refractivity contribution in [3.8, 4) is 0 Å². The van der Waals surface area contributed by atoms with Gasteiger partial charge in [-0.05, 0) is 49.1 Å². The molecule has 2 amide bonds. The molecule has 2 atom stereocenters. The monoisotopic (exact) mass is 424 g/mol. The number of furan rings is 1. The molecule has 1 aromatic carbocycles. The van der Waals surface area contributed by atoms with Gasteiger partial charge in [0.05, 0.1) is 12.3 Å². The molecule has 0 saturated carbocycles. The summed E-state index contributed by atoms with van der Waals surface area (Å²) >= 11 is 5.12. The van der Waals surface area contributed by atoms with E-state index in [9.17, 15) is 9.59 Å². The Hall–Kier alpha value is -1.73. The summed E-state index contributed by atoms with van der Waals surface area (Å²) in [6.07, 6.45) is 3.94. The molecule has 1 aromatic heterocycles. The van der Waals surface area contributed by atoms with Crippen LogP contribution in [0, 0.1) is 0 Å². The summed E-state index contributed by atoms with van der Waals surface area (Å²) in [7, 11) is 0. The Balaban J connectivity index is 2.04. The fourth-order valence-electron chi connectivity index (χ4n) is 2.36. The standard InChI is InChI=1S/C18H21BrN2O3S/c1-12(13-6-3-4-7-14(13)19)20-17(22)15(9-11-25-2)21-18(23)16-8-5-10-24-16/h3-8,10,12,15H,9,11H2,1-2H3,(H,20,22)(H,21,23). The van der Waals surface area contributed by atoms with Crippen LogP contribution in [0.25, 0.3) is 0 Å². The second-order valence-electron chi connectivity index (χ2n) is 5.54. The molecule has 0 aliphatic carbocycles. The molecule has 2 N–H and O–H groups in total. The van der Waals surface area contributed by atoms with Gasteiger partial charge in [0.25, 0.3) is 5.91 Å². The van der Waals surface area contributed by atoms with Crippen molar-refractivity contribution in [1.82, 2.24) is 10.6 Å². The highest BCUT2D eigenvalue weighted by atomic mass is 79.9. The lowest BCUT2D eigenvalue weighted by Crippen LogP contribution is -2.47. The van der Waals surface area contributed by atoms with Crippen molar-refractivity contribution in [2.24, 2.45) is 0 Å². The largest absolute Gasteiger partial charge is 0.459 e. The maximum absolute atomic E-state index is 12.7. The van der Waals surface area contributed by atoms with Crippen molar-refractivity contribution >= 4 is 39.5 Å². The maximum Gasteiger partial charge on any atom is 0.287 e. The van der Waals surface area contributed by atoms with E-state index in [1.807, 2.05) is 37.4 Å². The molecular weight excluding hydrogens is 404 g/mol. The smallest absolute Gasteiger partial charge is 0.287 e. The zero-order valence-electron chi connectivity index (χ0n) is 14.1. The minimum absolute atomic E-state index is 0.180. The summed E-state index contributed by atoms with van der Waals surface area (Å²) in [4.78, 5) is 24.9. The van der Waals surface area contributed by atoms with Gasteiger partial charge in [0.1, 0.15) is 6.04 Å². The van der Waals surface area contributed by atoms with Crippen LogP contribution in [-0.4, -0.2) is 29.9 Å². The van der Waals surface area contributed by atoms with Crippen molar-refractivity contribution in [3.63, 3.8) is 0 Å². The van der Waals surface area contributed by atoms with Crippen molar-refractivity contribution in [2.45, 2.75) is 25.4 Å². The molecule has 7 heteroatoms. The summed E-state index contributed by atoms with van der Waals surface area (Å²) in [5.74, 6) is 0.359. The first-order chi connectivity index (χ1) is 12.0. The molecule has 25 heavy (non-hydrogen) atoms. The van der Waals surface area contributed by atoms with Crippen molar-refractivity contribution < 1.29 is 14.0 Å². The second kappa shape index (κ2) is 9.68. The van der Waals surface area contributed by atoms with Gasteiger partial charge in [0.15, 0.2) is 5.76 Å². The molecule has 2 unspecified atom stereocenters. The first-order valence-corrected chi connectivity index (χ1v) is 10.1. The molecular formula is C18H21BrN2O3S. The number of nitrogens with one attached hydrogen (secondary N) is 2. The normalized spacial score (nSPS) is 13.1. The minimum atomic E-state index is -0.616. The Morgan fingerprint density at radius 2 is 1.96 bits per heavy atom. The Morgan fingerprint density at radius 1 is 1.20 bits per heavy atom. The van der Waals surface area contributed by atoms with E-state index < -0.39 is 6.04 Å². The molecule has 0 saturated heterocycles. The molecule has 0 bridgehead atoms. The van der Waals surface area contributed by atoms with Crippen LogP contribution in [0.4, 0.5) is 0 Å². The topological polar surface area (TPSA) is 71.3 Å². The number of benzene rings is 1. The Bertz CT molecular complexity index is 706. The van der Waals surface area contributed by atoms with E-state index in [-0.39, 0.29) is 23.6 Å². The molecule has 0 aliphatic heterocycles. The fraction of sp³-hybridized carbons (Fsp3) is 0.333. The van der Waals surface area contributed by atoms with Gasteiger partial charge >= 0.3 is 0 Å². The quantitative estimate of drug-likeness (QED) is 0.676. The highest BCUT2D eigenvalue weighted by molar-refractivity contribution is 9.10. The lowest BCUT2D eigenvalue weighted by atomic mass is 10.1. The second-order valence-corrected chi connectivity index (χ2v) is 7.38. The zero-order chi connectivity index (χ0) is 18.2. The van der Waals surface area contributed by atoms with Gasteiger partial charge in [-0.25, -0.2) is 0 Å². The van der Waals surface area contributed by atoms with Gasteiger partial charge in [-0.15, -0.1) is 0 Å². The van der Waals surface area contributed by atoms with Gasteiger partial charge in [-0.1, -0.05) is 34.1 Å². The van der Waals surface area contributed by atoms with Crippen LogP contribution in [0.3, 0.4) is 0 Å². The van der Waals surface area contributed by atoms with Crippen molar-refractivity contribution in [3.05, 3.63) is 58.5 Å². The SMILES string of the molecule is CSCCC(NC(=O)c1ccco1)C(=O)NC(C)c1ccccc1Br. The number of carbonyl (C=O) groups excluding carboxylic acids is 2. The van der Waals surface area contributed by atoms with Gasteiger partial charge in [-0.2, -0.15) is 11.8 Å². The van der Waals surface area contributed by atoms with Crippen LogP contribution in [0.2, 0.25) is 0 Å². The number of rotatable bonds is 8. The van der Waals surface area contributed by atoms with Crippen LogP contribution in [0.5, 0.6) is 0 Å². The number of amides is 2. The van der Waals surface area contributed by atoms with E-state index in [4.69, 9.17) is 4.42 Å². The first kappa shape index (κ1) is 19.6. The van der Waals surface area contributed by atoms with Crippen LogP contribution in [0.15, 0.2) is 51.6 Å². The van der Waals surface area contributed by atoms with E-state index >= 15 is 0 Å². The number of hydrogen-bond acceptors (Lipinski definition) is 4. The third-order valence-corrected chi connectivity index (χ3v) is 5.07. The average Bonchev–Trinajstić information content (AvgIpc) is 3.13. The van der Waals surface area contributed by atoms with Crippen molar-refractivity contribution in [2.75, 3.05) is 12.0 Å². The third kappa shape index (κ3) is 5.64. The molecule has 134 valence electrons. The van der Waals surface area contributed by atoms with Gasteiger partial charge in [0, 0.05) is 4.47 Å². The number of thioether (sulfide) groups is 1. The summed E-state index contributed by atoms with van der Waals surface area (Å²) < 4.78 is 6.02. The Morgan fingerprint density at radius 3 is 2.60 bits per heavy atom. The van der Waals surface area contributed by atoms with E-state index in [1.165, 1.54) is 6.26 Å². The summed E-state index contributed by atoms with van der Waals surface area (Å²) in [6.45, 7) is 1.91. The van der Waals surface area contributed by atoms with Crippen LogP contribution >= 0.6 is 27.7 Å². The molecule has 2 aromatic rings. The molecule has 1 heterocycles. The number of halogens is 1. The third-order valence-electron chi connectivity index (χ3n) is 3.71. The van der Waals surface area contributed by atoms with Gasteiger partial charge in [0.2, 0.25) is 5.91 Å². The predicted octanol–water partition coefficient (Wildman–Crippen LogP) is 3.77. The maximum atomic E-state index is 12.7. The molecule has 0 radical (unpaired) electrons. The van der Waals surface area contributed by atoms with E-state index in [1.54, 1.807) is 23.9 Å². The van der Waals surface area contributed by atoms with Gasteiger partial charge in [-0.3, -0.25) is 9.59 Å². The van der Waals surface area contributed by atoms with Crippen LogP contribution < -0.4 is 10.6 Å². The molecule has 0 spiro atoms. The average molecular weight is 425 g/mol. The summed E-state index contributed by atoms with van der Waals surface area (Å²) in [5.41, 5.74) is 0.983.